The lowest BCUT2D eigenvalue weighted by atomic mass is 9.91. The van der Waals surface area contributed by atoms with Crippen LogP contribution in [-0.4, -0.2) is 19.5 Å². The maximum Gasteiger partial charge on any atom is 0.0651 e. The predicted octanol–water partition coefficient (Wildman–Crippen LogP) is 4.70. The molecule has 2 rings (SSSR count). The van der Waals surface area contributed by atoms with Crippen LogP contribution >= 0.6 is 34.8 Å². The van der Waals surface area contributed by atoms with Gasteiger partial charge in [0.1, 0.15) is 0 Å². The molecule has 0 fully saturated rings. The molecule has 0 heterocycles. The zero-order valence-corrected chi connectivity index (χ0v) is 12.5. The molecule has 18 heavy (non-hydrogen) atoms. The molecule has 0 spiro atoms. The molecule has 2 atom stereocenters. The second-order valence-corrected chi connectivity index (χ2v) is 5.87. The number of halogens is 3. The first kappa shape index (κ1) is 13.8. The maximum atomic E-state index is 6.31. The molecule has 1 aliphatic rings. The number of hydrogen-bond donors (Lipinski definition) is 0. The SMILES string of the molecule is CN(C)c1ccc(C2C(Cl)=CC(Cl)=CC2Cl)cc1. The Balaban J connectivity index is 2.29. The average Bonchev–Trinajstić information content (AvgIpc) is 2.28. The summed E-state index contributed by atoms with van der Waals surface area (Å²) in [5, 5.41) is 1.07. The molecule has 0 saturated heterocycles. The summed E-state index contributed by atoms with van der Waals surface area (Å²) in [6.45, 7) is 0. The van der Waals surface area contributed by atoms with Gasteiger partial charge in [0.05, 0.1) is 5.38 Å². The van der Waals surface area contributed by atoms with Gasteiger partial charge in [0.25, 0.3) is 0 Å². The smallest absolute Gasteiger partial charge is 0.0651 e. The van der Waals surface area contributed by atoms with Crippen LogP contribution in [0.5, 0.6) is 0 Å². The van der Waals surface area contributed by atoms with Crippen LogP contribution in [0, 0.1) is 0 Å². The normalized spacial score (nSPS) is 23.4. The minimum absolute atomic E-state index is 0.0213. The second-order valence-electron chi connectivity index (χ2n) is 4.49. The van der Waals surface area contributed by atoms with Crippen molar-refractivity contribution < 1.29 is 0 Å². The molecule has 0 radical (unpaired) electrons. The van der Waals surface area contributed by atoms with Crippen molar-refractivity contribution in [3.8, 4) is 0 Å². The first-order valence-electron chi connectivity index (χ1n) is 5.65. The number of nitrogens with zero attached hydrogens (tertiary/aromatic N) is 1. The van der Waals surface area contributed by atoms with Crippen molar-refractivity contribution in [2.45, 2.75) is 11.3 Å². The van der Waals surface area contributed by atoms with E-state index in [0.717, 1.165) is 11.3 Å². The average molecular weight is 303 g/mol. The second kappa shape index (κ2) is 5.56. The van der Waals surface area contributed by atoms with E-state index in [1.54, 1.807) is 6.08 Å². The third kappa shape index (κ3) is 2.85. The van der Waals surface area contributed by atoms with Crippen LogP contribution < -0.4 is 4.90 Å². The molecule has 0 aromatic heterocycles. The fourth-order valence-corrected chi connectivity index (χ4v) is 3.23. The highest BCUT2D eigenvalue weighted by molar-refractivity contribution is 6.37. The summed E-state index contributed by atoms with van der Waals surface area (Å²) in [7, 11) is 4.02. The van der Waals surface area contributed by atoms with E-state index in [9.17, 15) is 0 Å². The molecule has 1 aromatic rings. The largest absolute Gasteiger partial charge is 0.378 e. The molecular formula is C14H14Cl3N. The van der Waals surface area contributed by atoms with Crippen LogP contribution in [0.3, 0.4) is 0 Å². The van der Waals surface area contributed by atoms with Crippen molar-refractivity contribution in [2.75, 3.05) is 19.0 Å². The molecule has 4 heteroatoms. The number of anilines is 1. The van der Waals surface area contributed by atoms with E-state index < -0.39 is 0 Å². The van der Waals surface area contributed by atoms with Crippen molar-refractivity contribution in [2.24, 2.45) is 0 Å². The third-order valence-electron chi connectivity index (χ3n) is 2.98. The van der Waals surface area contributed by atoms with Crippen molar-refractivity contribution in [3.63, 3.8) is 0 Å². The van der Waals surface area contributed by atoms with Crippen LogP contribution in [0.25, 0.3) is 0 Å². The first-order chi connectivity index (χ1) is 8.49. The van der Waals surface area contributed by atoms with Gasteiger partial charge in [-0.15, -0.1) is 11.6 Å². The highest BCUT2D eigenvalue weighted by Gasteiger charge is 2.26. The molecule has 1 aromatic carbocycles. The summed E-state index contributed by atoms with van der Waals surface area (Å²) in [5.74, 6) is -0.0213. The minimum atomic E-state index is -0.208. The topological polar surface area (TPSA) is 3.24 Å². The summed E-state index contributed by atoms with van der Waals surface area (Å²) in [4.78, 5) is 2.05. The van der Waals surface area contributed by atoms with Gasteiger partial charge < -0.3 is 4.90 Å². The lowest BCUT2D eigenvalue weighted by molar-refractivity contribution is 0.843. The van der Waals surface area contributed by atoms with Gasteiger partial charge in [0.15, 0.2) is 0 Å². The highest BCUT2D eigenvalue weighted by atomic mass is 35.5. The molecule has 0 amide bonds. The molecule has 0 aliphatic heterocycles. The molecule has 0 saturated carbocycles. The quantitative estimate of drug-likeness (QED) is 0.716. The van der Waals surface area contributed by atoms with Crippen LogP contribution in [0.2, 0.25) is 0 Å². The molecule has 96 valence electrons. The first-order valence-corrected chi connectivity index (χ1v) is 6.84. The Morgan fingerprint density at radius 3 is 2.17 bits per heavy atom. The van der Waals surface area contributed by atoms with Gasteiger partial charge in [-0.2, -0.15) is 0 Å². The van der Waals surface area contributed by atoms with Crippen molar-refractivity contribution in [1.82, 2.24) is 0 Å². The Labute approximate surface area is 123 Å². The Bertz CT molecular complexity index is 488. The summed E-state index contributed by atoms with van der Waals surface area (Å²) in [6.07, 6.45) is 3.58. The number of benzene rings is 1. The molecule has 1 nitrogen and oxygen atoms in total. The van der Waals surface area contributed by atoms with Crippen LogP contribution in [0.4, 0.5) is 5.69 Å². The van der Waals surface area contributed by atoms with E-state index in [4.69, 9.17) is 34.8 Å². The van der Waals surface area contributed by atoms with E-state index in [1.165, 1.54) is 0 Å². The Morgan fingerprint density at radius 2 is 1.67 bits per heavy atom. The summed E-state index contributed by atoms with van der Waals surface area (Å²) >= 11 is 18.5. The fraction of sp³-hybridized carbons (Fsp3) is 0.286. The van der Waals surface area contributed by atoms with E-state index >= 15 is 0 Å². The van der Waals surface area contributed by atoms with Gasteiger partial charge in [-0.25, -0.2) is 0 Å². The Morgan fingerprint density at radius 1 is 1.06 bits per heavy atom. The van der Waals surface area contributed by atoms with E-state index in [1.807, 2.05) is 20.2 Å². The number of allylic oxidation sites excluding steroid dienone is 4. The molecule has 2 unspecified atom stereocenters. The van der Waals surface area contributed by atoms with Crippen LogP contribution in [0.1, 0.15) is 11.5 Å². The number of alkyl halides is 1. The van der Waals surface area contributed by atoms with E-state index in [-0.39, 0.29) is 11.3 Å². The molecule has 1 aliphatic carbocycles. The van der Waals surface area contributed by atoms with Gasteiger partial charge in [-0.05, 0) is 29.8 Å². The number of hydrogen-bond acceptors (Lipinski definition) is 1. The third-order valence-corrected chi connectivity index (χ3v) is 3.94. The van der Waals surface area contributed by atoms with Gasteiger partial charge in [-0.3, -0.25) is 0 Å². The fourth-order valence-electron chi connectivity index (χ4n) is 1.99. The number of rotatable bonds is 2. The lowest BCUT2D eigenvalue weighted by Gasteiger charge is -2.24. The Hall–Kier alpha value is -0.630. The van der Waals surface area contributed by atoms with Crippen molar-refractivity contribution >= 4 is 40.5 Å². The van der Waals surface area contributed by atoms with Crippen LogP contribution in [0.15, 0.2) is 46.5 Å². The van der Waals surface area contributed by atoms with Gasteiger partial charge >= 0.3 is 0 Å². The van der Waals surface area contributed by atoms with E-state index in [0.29, 0.717) is 10.1 Å². The van der Waals surface area contributed by atoms with Gasteiger partial charge in [-0.1, -0.05) is 35.3 Å². The lowest BCUT2D eigenvalue weighted by Crippen LogP contribution is -2.15. The maximum absolute atomic E-state index is 6.31. The molecule has 0 bridgehead atoms. The summed E-state index contributed by atoms with van der Waals surface area (Å²) < 4.78 is 0. The van der Waals surface area contributed by atoms with Gasteiger partial charge in [0.2, 0.25) is 0 Å². The van der Waals surface area contributed by atoms with E-state index in [2.05, 4.69) is 29.2 Å². The zero-order valence-electron chi connectivity index (χ0n) is 10.2. The van der Waals surface area contributed by atoms with Gasteiger partial charge in [0, 0.05) is 35.8 Å². The predicted molar refractivity (Wildman–Crippen MR) is 81.0 cm³/mol. The standard InChI is InChI=1S/C14H14Cl3N/c1-18(2)11-5-3-9(4-6-11)14-12(16)7-10(15)8-13(14)17/h3-8,12,14H,1-2H3. The summed E-state index contributed by atoms with van der Waals surface area (Å²) in [6, 6.07) is 8.23. The van der Waals surface area contributed by atoms with Crippen LogP contribution in [-0.2, 0) is 0 Å². The van der Waals surface area contributed by atoms with Crippen molar-refractivity contribution in [3.05, 3.63) is 52.0 Å². The van der Waals surface area contributed by atoms with Crippen molar-refractivity contribution in [1.29, 1.82) is 0 Å². The highest BCUT2D eigenvalue weighted by Crippen LogP contribution is 2.39. The minimum Gasteiger partial charge on any atom is -0.378 e. The summed E-state index contributed by atoms with van der Waals surface area (Å²) in [5.41, 5.74) is 2.25. The molecule has 0 N–H and O–H groups in total. The Kier molecular flexibility index (Phi) is 4.26. The monoisotopic (exact) mass is 301 g/mol. The molecular weight excluding hydrogens is 289 g/mol. The zero-order chi connectivity index (χ0) is 13.3.